The topological polar surface area (TPSA) is 64.1 Å². The molecule has 0 atom stereocenters. The molecule has 0 unspecified atom stereocenters. The highest BCUT2D eigenvalue weighted by Gasteiger charge is 2.05. The van der Waals surface area contributed by atoms with Crippen molar-refractivity contribution in [3.8, 4) is 11.5 Å². The molecule has 0 spiro atoms. The first kappa shape index (κ1) is 26.0. The normalized spacial score (nSPS) is 10.9. The van der Waals surface area contributed by atoms with E-state index in [0.29, 0.717) is 19.8 Å². The number of methoxy groups -OCH3 is 2. The van der Waals surface area contributed by atoms with Gasteiger partial charge in [0, 0.05) is 25.8 Å². The van der Waals surface area contributed by atoms with Crippen molar-refractivity contribution >= 4 is 29.9 Å². The van der Waals surface area contributed by atoms with Crippen LogP contribution in [0.1, 0.15) is 23.6 Å². The van der Waals surface area contributed by atoms with Gasteiger partial charge in [0.25, 0.3) is 0 Å². The lowest BCUT2D eigenvalue weighted by Gasteiger charge is -2.14. The molecule has 0 saturated heterocycles. The van der Waals surface area contributed by atoms with Gasteiger partial charge < -0.3 is 24.8 Å². The van der Waals surface area contributed by atoms with Crippen LogP contribution in [0, 0.1) is 6.92 Å². The lowest BCUT2D eigenvalue weighted by atomic mass is 10.1. The fraction of sp³-hybridized carbons (Fsp3) is 0.435. The van der Waals surface area contributed by atoms with Crippen molar-refractivity contribution in [1.82, 2.24) is 10.6 Å². The number of hydrogen-bond acceptors (Lipinski definition) is 4. The molecule has 2 aromatic rings. The molecule has 166 valence electrons. The number of nitrogens with one attached hydrogen (secondary N) is 2. The predicted molar refractivity (Wildman–Crippen MR) is 133 cm³/mol. The highest BCUT2D eigenvalue weighted by Crippen LogP contribution is 2.21. The first-order valence-corrected chi connectivity index (χ1v) is 10.0. The third-order valence-electron chi connectivity index (χ3n) is 4.38. The van der Waals surface area contributed by atoms with Crippen LogP contribution in [-0.2, 0) is 17.7 Å². The summed E-state index contributed by atoms with van der Waals surface area (Å²) in [5.41, 5.74) is 3.47. The Morgan fingerprint density at radius 1 is 1.00 bits per heavy atom. The number of halogens is 1. The van der Waals surface area contributed by atoms with Crippen molar-refractivity contribution < 1.29 is 14.2 Å². The van der Waals surface area contributed by atoms with Gasteiger partial charge in [-0.25, -0.2) is 4.99 Å². The number of guanidine groups is 1. The van der Waals surface area contributed by atoms with Crippen molar-refractivity contribution in [3.63, 3.8) is 0 Å². The van der Waals surface area contributed by atoms with Gasteiger partial charge in [0.2, 0.25) is 0 Å². The van der Waals surface area contributed by atoms with E-state index in [-0.39, 0.29) is 24.0 Å². The van der Waals surface area contributed by atoms with Crippen LogP contribution in [0.5, 0.6) is 11.5 Å². The summed E-state index contributed by atoms with van der Waals surface area (Å²) in [6.07, 6.45) is 0.907. The Labute approximate surface area is 197 Å². The summed E-state index contributed by atoms with van der Waals surface area (Å²) in [5, 5.41) is 6.70. The van der Waals surface area contributed by atoms with E-state index in [0.717, 1.165) is 48.1 Å². The third-order valence-corrected chi connectivity index (χ3v) is 4.38. The Morgan fingerprint density at radius 2 is 1.77 bits per heavy atom. The largest absolute Gasteiger partial charge is 0.497 e. The molecule has 0 aliphatic carbocycles. The van der Waals surface area contributed by atoms with Gasteiger partial charge in [-0.1, -0.05) is 24.3 Å². The Kier molecular flexibility index (Phi) is 12.9. The van der Waals surface area contributed by atoms with Crippen molar-refractivity contribution in [2.24, 2.45) is 4.99 Å². The molecule has 0 radical (unpaired) electrons. The molecular formula is C23H34IN3O3. The molecule has 0 aliphatic heterocycles. The zero-order valence-corrected chi connectivity index (χ0v) is 20.7. The molecule has 6 nitrogen and oxygen atoms in total. The first-order chi connectivity index (χ1) is 14.2. The maximum Gasteiger partial charge on any atom is 0.191 e. The quantitative estimate of drug-likeness (QED) is 0.201. The zero-order chi connectivity index (χ0) is 20.9. The van der Waals surface area contributed by atoms with E-state index in [4.69, 9.17) is 19.2 Å². The summed E-state index contributed by atoms with van der Waals surface area (Å²) < 4.78 is 16.1. The SMILES string of the molecule is CCNC(=NCc1ccc(C)cc1OCCOC)NCCc1ccc(OC)cc1.I. The lowest BCUT2D eigenvalue weighted by Crippen LogP contribution is -2.38. The monoisotopic (exact) mass is 527 g/mol. The van der Waals surface area contributed by atoms with Gasteiger partial charge in [0.15, 0.2) is 5.96 Å². The van der Waals surface area contributed by atoms with E-state index < -0.39 is 0 Å². The second-order valence-electron chi connectivity index (χ2n) is 6.67. The first-order valence-electron chi connectivity index (χ1n) is 10.0. The van der Waals surface area contributed by atoms with Gasteiger partial charge in [0.05, 0.1) is 20.3 Å². The van der Waals surface area contributed by atoms with Crippen molar-refractivity contribution in [1.29, 1.82) is 0 Å². The molecule has 0 amide bonds. The van der Waals surface area contributed by atoms with E-state index in [1.54, 1.807) is 14.2 Å². The average Bonchev–Trinajstić information content (AvgIpc) is 2.73. The van der Waals surface area contributed by atoms with Gasteiger partial charge >= 0.3 is 0 Å². The van der Waals surface area contributed by atoms with Crippen LogP contribution in [0.4, 0.5) is 0 Å². The van der Waals surface area contributed by atoms with Crippen LogP contribution in [0.3, 0.4) is 0 Å². The van der Waals surface area contributed by atoms with Gasteiger partial charge in [-0.05, 0) is 49.6 Å². The number of aliphatic imine (C=N–C) groups is 1. The zero-order valence-electron chi connectivity index (χ0n) is 18.4. The van der Waals surface area contributed by atoms with Crippen LogP contribution in [0.2, 0.25) is 0 Å². The van der Waals surface area contributed by atoms with Gasteiger partial charge in [0.1, 0.15) is 18.1 Å². The lowest BCUT2D eigenvalue weighted by molar-refractivity contribution is 0.145. The van der Waals surface area contributed by atoms with E-state index in [1.807, 2.05) is 18.2 Å². The average molecular weight is 527 g/mol. The molecular weight excluding hydrogens is 493 g/mol. The molecule has 0 saturated carbocycles. The maximum absolute atomic E-state index is 5.86. The molecule has 30 heavy (non-hydrogen) atoms. The van der Waals surface area contributed by atoms with Crippen molar-refractivity contribution in [3.05, 3.63) is 59.2 Å². The number of rotatable bonds is 11. The predicted octanol–water partition coefficient (Wildman–Crippen LogP) is 3.94. The molecule has 0 fully saturated rings. The highest BCUT2D eigenvalue weighted by molar-refractivity contribution is 14.0. The molecule has 7 heteroatoms. The molecule has 0 aliphatic rings. The van der Waals surface area contributed by atoms with E-state index in [9.17, 15) is 0 Å². The van der Waals surface area contributed by atoms with Gasteiger partial charge in [-0.15, -0.1) is 24.0 Å². The standard InChI is InChI=1S/C23H33N3O3.HI/c1-5-24-23(25-13-12-19-7-10-21(28-4)11-8-19)26-17-20-9-6-18(2)16-22(20)29-15-14-27-3;/h6-11,16H,5,12-15,17H2,1-4H3,(H2,24,25,26);1H. The van der Waals surface area contributed by atoms with E-state index >= 15 is 0 Å². The Balaban J connectivity index is 0.00000450. The second kappa shape index (κ2) is 14.9. The Hall–Kier alpha value is -2.00. The van der Waals surface area contributed by atoms with E-state index in [2.05, 4.69) is 48.7 Å². The summed E-state index contributed by atoms with van der Waals surface area (Å²) in [4.78, 5) is 4.72. The van der Waals surface area contributed by atoms with Crippen molar-refractivity contribution in [2.45, 2.75) is 26.8 Å². The summed E-state index contributed by atoms with van der Waals surface area (Å²) in [6, 6.07) is 14.3. The molecule has 0 heterocycles. The van der Waals surface area contributed by atoms with Crippen LogP contribution in [0.15, 0.2) is 47.5 Å². The third kappa shape index (κ3) is 9.21. The van der Waals surface area contributed by atoms with Crippen molar-refractivity contribution in [2.75, 3.05) is 40.5 Å². The van der Waals surface area contributed by atoms with E-state index in [1.165, 1.54) is 5.56 Å². The molecule has 2 rings (SSSR count). The fourth-order valence-electron chi connectivity index (χ4n) is 2.79. The minimum absolute atomic E-state index is 0. The Morgan fingerprint density at radius 3 is 2.43 bits per heavy atom. The summed E-state index contributed by atoms with van der Waals surface area (Å²) >= 11 is 0. The smallest absolute Gasteiger partial charge is 0.191 e. The number of ether oxygens (including phenoxy) is 3. The second-order valence-corrected chi connectivity index (χ2v) is 6.67. The highest BCUT2D eigenvalue weighted by atomic mass is 127. The van der Waals surface area contributed by atoms with Crippen LogP contribution < -0.4 is 20.1 Å². The number of aryl methyl sites for hydroxylation is 1. The molecule has 2 N–H and O–H groups in total. The minimum atomic E-state index is 0. The number of hydrogen-bond donors (Lipinski definition) is 2. The van der Waals surface area contributed by atoms with Crippen LogP contribution >= 0.6 is 24.0 Å². The molecule has 0 bridgehead atoms. The Bertz CT molecular complexity index is 767. The molecule has 2 aromatic carbocycles. The summed E-state index contributed by atoms with van der Waals surface area (Å²) in [7, 11) is 3.35. The number of benzene rings is 2. The minimum Gasteiger partial charge on any atom is -0.497 e. The van der Waals surface area contributed by atoms with Gasteiger partial charge in [-0.2, -0.15) is 0 Å². The summed E-state index contributed by atoms with van der Waals surface area (Å²) in [5.74, 6) is 2.53. The maximum atomic E-state index is 5.86. The van der Waals surface area contributed by atoms with Crippen LogP contribution in [0.25, 0.3) is 0 Å². The molecule has 0 aromatic heterocycles. The van der Waals surface area contributed by atoms with Gasteiger partial charge in [-0.3, -0.25) is 0 Å². The fourth-order valence-corrected chi connectivity index (χ4v) is 2.79. The van der Waals surface area contributed by atoms with Crippen LogP contribution in [-0.4, -0.2) is 46.5 Å². The summed E-state index contributed by atoms with van der Waals surface area (Å²) in [6.45, 7) is 7.35. The number of nitrogens with zero attached hydrogens (tertiary/aromatic N) is 1.